The molecule has 130 valence electrons. The van der Waals surface area contributed by atoms with Gasteiger partial charge in [-0.15, -0.1) is 0 Å². The van der Waals surface area contributed by atoms with E-state index in [0.717, 1.165) is 18.4 Å². The van der Waals surface area contributed by atoms with E-state index in [-0.39, 0.29) is 12.6 Å². The van der Waals surface area contributed by atoms with Crippen LogP contribution < -0.4 is 0 Å². The fourth-order valence-electron chi connectivity index (χ4n) is 2.12. The van der Waals surface area contributed by atoms with Crippen molar-refractivity contribution in [2.75, 3.05) is 6.54 Å². The van der Waals surface area contributed by atoms with Gasteiger partial charge < -0.3 is 0 Å². The number of hydrogen-bond donors (Lipinski definition) is 0. The van der Waals surface area contributed by atoms with Crippen molar-refractivity contribution >= 4 is 11.9 Å². The first-order valence-electron chi connectivity index (χ1n) is 7.49. The molecule has 1 aliphatic rings. The van der Waals surface area contributed by atoms with Crippen molar-refractivity contribution in [2.24, 2.45) is 0 Å². The molecular formula is C18H12F5NS. The van der Waals surface area contributed by atoms with E-state index in [0.29, 0.717) is 11.9 Å². The van der Waals surface area contributed by atoms with Crippen molar-refractivity contribution in [1.82, 2.24) is 4.31 Å². The highest BCUT2D eigenvalue weighted by Crippen LogP contribution is 2.39. The molecule has 0 spiro atoms. The predicted molar refractivity (Wildman–Crippen MR) is 85.1 cm³/mol. The van der Waals surface area contributed by atoms with Gasteiger partial charge in [0.15, 0.2) is 23.3 Å². The molecule has 0 radical (unpaired) electrons. The molecule has 0 bridgehead atoms. The van der Waals surface area contributed by atoms with Crippen molar-refractivity contribution in [1.29, 1.82) is 0 Å². The van der Waals surface area contributed by atoms with Gasteiger partial charge in [-0.1, -0.05) is 30.0 Å². The third kappa shape index (κ3) is 3.97. The van der Waals surface area contributed by atoms with Gasteiger partial charge in [0.1, 0.15) is 4.90 Å². The average molecular weight is 369 g/mol. The van der Waals surface area contributed by atoms with E-state index >= 15 is 0 Å². The first kappa shape index (κ1) is 17.8. The predicted octanol–water partition coefficient (Wildman–Crippen LogP) is 4.91. The first-order valence-corrected chi connectivity index (χ1v) is 8.26. The topological polar surface area (TPSA) is 3.24 Å². The Kier molecular flexibility index (Phi) is 5.30. The molecule has 0 N–H and O–H groups in total. The lowest BCUT2D eigenvalue weighted by molar-refractivity contribution is 0.359. The normalized spacial score (nSPS) is 13.7. The van der Waals surface area contributed by atoms with Crippen LogP contribution in [-0.4, -0.2) is 16.9 Å². The highest BCUT2D eigenvalue weighted by atomic mass is 32.2. The maximum Gasteiger partial charge on any atom is 0.200 e. The number of hydrogen-bond acceptors (Lipinski definition) is 2. The molecule has 2 aromatic carbocycles. The van der Waals surface area contributed by atoms with Gasteiger partial charge in [0.2, 0.25) is 5.82 Å². The zero-order valence-corrected chi connectivity index (χ0v) is 13.6. The Morgan fingerprint density at radius 2 is 1.44 bits per heavy atom. The van der Waals surface area contributed by atoms with Gasteiger partial charge in [-0.2, -0.15) is 0 Å². The molecule has 1 saturated carbocycles. The molecule has 0 atom stereocenters. The van der Waals surface area contributed by atoms with Gasteiger partial charge in [-0.3, -0.25) is 0 Å². The number of benzene rings is 2. The molecule has 0 heterocycles. The molecule has 2 aromatic rings. The van der Waals surface area contributed by atoms with E-state index in [1.807, 2.05) is 30.3 Å². The maximum absolute atomic E-state index is 13.8. The summed E-state index contributed by atoms with van der Waals surface area (Å²) in [5, 5.41) is 0. The summed E-state index contributed by atoms with van der Waals surface area (Å²) >= 11 is 0.519. The van der Waals surface area contributed by atoms with Gasteiger partial charge >= 0.3 is 0 Å². The Hall–Kier alpha value is -2.04. The van der Waals surface area contributed by atoms with E-state index in [4.69, 9.17) is 0 Å². The lowest BCUT2D eigenvalue weighted by Gasteiger charge is -2.18. The van der Waals surface area contributed by atoms with Crippen molar-refractivity contribution in [3.63, 3.8) is 0 Å². The summed E-state index contributed by atoms with van der Waals surface area (Å²) in [7, 11) is 0. The third-order valence-corrected chi connectivity index (χ3v) is 4.78. The monoisotopic (exact) mass is 369 g/mol. The highest BCUT2D eigenvalue weighted by molar-refractivity contribution is 7.97. The second-order valence-electron chi connectivity index (χ2n) is 5.46. The minimum absolute atomic E-state index is 0.00467. The summed E-state index contributed by atoms with van der Waals surface area (Å²) in [6, 6.07) is 9.13. The lowest BCUT2D eigenvalue weighted by Crippen LogP contribution is -2.19. The molecule has 3 rings (SSSR count). The Labute approximate surface area is 146 Å². The van der Waals surface area contributed by atoms with Crippen LogP contribution in [0.15, 0.2) is 35.2 Å². The lowest BCUT2D eigenvalue weighted by atomic mass is 10.2. The molecule has 0 amide bonds. The molecular weight excluding hydrogens is 357 g/mol. The number of rotatable bonds is 4. The largest absolute Gasteiger partial charge is 0.231 e. The molecule has 0 unspecified atom stereocenters. The van der Waals surface area contributed by atoms with Gasteiger partial charge in [0.05, 0.1) is 6.54 Å². The second kappa shape index (κ2) is 7.46. The average Bonchev–Trinajstić information content (AvgIpc) is 3.46. The molecule has 25 heavy (non-hydrogen) atoms. The van der Waals surface area contributed by atoms with Crippen LogP contribution in [0.1, 0.15) is 18.4 Å². The Morgan fingerprint density at radius 1 is 0.880 bits per heavy atom. The zero-order valence-electron chi connectivity index (χ0n) is 12.8. The summed E-state index contributed by atoms with van der Waals surface area (Å²) < 4.78 is 69.0. The smallest absolute Gasteiger partial charge is 0.200 e. The molecule has 1 aliphatic carbocycles. The van der Waals surface area contributed by atoms with Crippen molar-refractivity contribution in [2.45, 2.75) is 23.8 Å². The second-order valence-corrected chi connectivity index (χ2v) is 6.52. The first-order chi connectivity index (χ1) is 12.0. The van der Waals surface area contributed by atoms with E-state index in [2.05, 4.69) is 11.8 Å². The van der Waals surface area contributed by atoms with Crippen LogP contribution in [0.2, 0.25) is 0 Å². The molecule has 0 aliphatic heterocycles. The molecule has 1 nitrogen and oxygen atoms in total. The highest BCUT2D eigenvalue weighted by Gasteiger charge is 2.33. The van der Waals surface area contributed by atoms with Crippen molar-refractivity contribution in [3.8, 4) is 11.8 Å². The molecule has 0 aromatic heterocycles. The van der Waals surface area contributed by atoms with Crippen LogP contribution in [0.4, 0.5) is 22.0 Å². The SMILES string of the molecule is Fc1c(F)c(F)c(SN(CC#Cc2ccccc2)C2CC2)c(F)c1F. The Morgan fingerprint density at radius 3 is 2.00 bits per heavy atom. The van der Waals surface area contributed by atoms with E-state index in [1.165, 1.54) is 0 Å². The fraction of sp³-hybridized carbons (Fsp3) is 0.222. The Bertz CT molecular complexity index is 811. The van der Waals surface area contributed by atoms with Gasteiger partial charge in [-0.25, -0.2) is 26.3 Å². The minimum atomic E-state index is -2.15. The van der Waals surface area contributed by atoms with Crippen LogP contribution in [-0.2, 0) is 0 Å². The van der Waals surface area contributed by atoms with Crippen LogP contribution in [0.25, 0.3) is 0 Å². The van der Waals surface area contributed by atoms with Crippen LogP contribution in [0.3, 0.4) is 0 Å². The summed E-state index contributed by atoms with van der Waals surface area (Å²) in [5.74, 6) is -3.88. The van der Waals surface area contributed by atoms with Gasteiger partial charge in [-0.05, 0) is 36.9 Å². The van der Waals surface area contributed by atoms with Crippen molar-refractivity contribution in [3.05, 3.63) is 65.0 Å². The molecule has 1 fully saturated rings. The summed E-state index contributed by atoms with van der Waals surface area (Å²) in [6.45, 7) is 0.143. The number of nitrogens with zero attached hydrogens (tertiary/aromatic N) is 1. The maximum atomic E-state index is 13.8. The van der Waals surface area contributed by atoms with Gasteiger partial charge in [0.25, 0.3) is 0 Å². The molecule has 0 saturated heterocycles. The van der Waals surface area contributed by atoms with E-state index < -0.39 is 34.0 Å². The van der Waals surface area contributed by atoms with Crippen LogP contribution in [0.5, 0.6) is 0 Å². The third-order valence-electron chi connectivity index (χ3n) is 3.57. The van der Waals surface area contributed by atoms with E-state index in [1.54, 1.807) is 4.31 Å². The number of halogens is 5. The summed E-state index contributed by atoms with van der Waals surface area (Å²) in [6.07, 6.45) is 1.57. The zero-order chi connectivity index (χ0) is 18.0. The molecule has 7 heteroatoms. The Balaban J connectivity index is 1.81. The van der Waals surface area contributed by atoms with Crippen LogP contribution >= 0.6 is 11.9 Å². The standard InChI is InChI=1S/C18H12F5NS/c19-13-14(20)16(22)18(17(23)15(13)21)25-24(12-8-9-12)10-4-7-11-5-2-1-3-6-11/h1-3,5-6,12H,8-10H2. The fourth-order valence-corrected chi connectivity index (χ4v) is 3.18. The quantitative estimate of drug-likeness (QED) is 0.248. The summed E-state index contributed by atoms with van der Waals surface area (Å²) in [4.78, 5) is -0.898. The minimum Gasteiger partial charge on any atom is -0.231 e. The summed E-state index contributed by atoms with van der Waals surface area (Å²) in [5.41, 5.74) is 0.777. The van der Waals surface area contributed by atoms with Gasteiger partial charge in [0, 0.05) is 11.6 Å². The van der Waals surface area contributed by atoms with Crippen LogP contribution in [0, 0.1) is 40.9 Å². The van der Waals surface area contributed by atoms with E-state index in [9.17, 15) is 22.0 Å². The van der Waals surface area contributed by atoms with Crippen molar-refractivity contribution < 1.29 is 22.0 Å².